The number of aryl methyl sites for hydroxylation is 2. The summed E-state index contributed by atoms with van der Waals surface area (Å²) in [6, 6.07) is 14.0. The Kier molecular flexibility index (Phi) is 6.83. The number of nitrogens with one attached hydrogen (secondary N) is 1. The van der Waals surface area contributed by atoms with Crippen LogP contribution in [0.5, 0.6) is 5.75 Å². The first kappa shape index (κ1) is 21.5. The maximum Gasteiger partial charge on any atom is 0.227 e. The van der Waals surface area contributed by atoms with Gasteiger partial charge in [0.05, 0.1) is 12.0 Å². The molecule has 0 spiro atoms. The smallest absolute Gasteiger partial charge is 0.227 e. The molecule has 2 aromatic carbocycles. The second-order valence-corrected chi connectivity index (χ2v) is 8.75. The number of carbonyl (C=O) groups is 1. The summed E-state index contributed by atoms with van der Waals surface area (Å²) in [5.41, 5.74) is 1.84. The van der Waals surface area contributed by atoms with Gasteiger partial charge in [-0.05, 0) is 25.1 Å². The van der Waals surface area contributed by atoms with Crippen molar-refractivity contribution >= 4 is 15.7 Å². The molecule has 0 unspecified atom stereocenters. The molecule has 158 valence electrons. The van der Waals surface area contributed by atoms with Crippen LogP contribution in [0, 0.1) is 6.92 Å². The molecular weight excluding hydrogens is 406 g/mol. The van der Waals surface area contributed by atoms with Gasteiger partial charge in [-0.25, -0.2) is 8.42 Å². The first-order valence-electron chi connectivity index (χ1n) is 9.37. The van der Waals surface area contributed by atoms with E-state index >= 15 is 0 Å². The number of hydrogen-bond acceptors (Lipinski definition) is 7. The van der Waals surface area contributed by atoms with Gasteiger partial charge in [-0.1, -0.05) is 41.1 Å². The van der Waals surface area contributed by atoms with E-state index in [9.17, 15) is 13.2 Å². The topological polar surface area (TPSA) is 111 Å². The molecule has 1 amide bonds. The summed E-state index contributed by atoms with van der Waals surface area (Å²) in [5.74, 6) is 0.443. The number of sulfone groups is 1. The van der Waals surface area contributed by atoms with Crippen LogP contribution in [0.4, 0.5) is 0 Å². The van der Waals surface area contributed by atoms with Crippen molar-refractivity contribution in [2.45, 2.75) is 37.0 Å². The Bertz CT molecular complexity index is 1110. The number of methoxy groups -OCH3 is 1. The predicted molar refractivity (Wildman–Crippen MR) is 110 cm³/mol. The lowest BCUT2D eigenvalue weighted by Gasteiger charge is -2.09. The normalized spacial score (nSPS) is 11.3. The van der Waals surface area contributed by atoms with Crippen molar-refractivity contribution in [2.75, 3.05) is 7.11 Å². The molecule has 0 saturated heterocycles. The molecule has 3 rings (SSSR count). The molecule has 9 heteroatoms. The standard InChI is InChI=1S/C21H23N3O5S/c1-15-7-9-17(10-8-15)30(26,27)14-19-23-21(29-24-19)12-11-20(25)22-13-16-5-3-4-6-18(16)28-2/h3-10H,11-14H2,1-2H3,(H,22,25). The van der Waals surface area contributed by atoms with Gasteiger partial charge in [0.1, 0.15) is 11.5 Å². The number of amides is 1. The minimum absolute atomic E-state index is 0.0694. The van der Waals surface area contributed by atoms with E-state index < -0.39 is 9.84 Å². The zero-order chi connectivity index (χ0) is 21.6. The Morgan fingerprint density at radius 3 is 2.60 bits per heavy atom. The number of para-hydroxylation sites is 1. The maximum atomic E-state index is 12.5. The Morgan fingerprint density at radius 2 is 1.87 bits per heavy atom. The summed E-state index contributed by atoms with van der Waals surface area (Å²) in [6.45, 7) is 2.22. The van der Waals surface area contributed by atoms with E-state index in [1.54, 1.807) is 31.4 Å². The van der Waals surface area contributed by atoms with Gasteiger partial charge in [0, 0.05) is 24.9 Å². The summed E-state index contributed by atoms with van der Waals surface area (Å²) in [6.07, 6.45) is 0.358. The zero-order valence-corrected chi connectivity index (χ0v) is 17.6. The zero-order valence-electron chi connectivity index (χ0n) is 16.8. The molecular formula is C21H23N3O5S. The molecule has 0 atom stereocenters. The molecule has 1 N–H and O–H groups in total. The minimum Gasteiger partial charge on any atom is -0.496 e. The van der Waals surface area contributed by atoms with Crippen molar-refractivity contribution in [2.24, 2.45) is 0 Å². The Hall–Kier alpha value is -3.20. The van der Waals surface area contributed by atoms with Gasteiger partial charge in [-0.3, -0.25) is 4.79 Å². The van der Waals surface area contributed by atoms with Crippen LogP contribution in [0.25, 0.3) is 0 Å². The van der Waals surface area contributed by atoms with Gasteiger partial charge in [0.2, 0.25) is 11.8 Å². The fourth-order valence-electron chi connectivity index (χ4n) is 2.80. The van der Waals surface area contributed by atoms with E-state index in [1.165, 1.54) is 0 Å². The molecule has 0 aliphatic heterocycles. The lowest BCUT2D eigenvalue weighted by Crippen LogP contribution is -2.23. The van der Waals surface area contributed by atoms with Crippen molar-refractivity contribution in [3.8, 4) is 5.75 Å². The summed E-state index contributed by atoms with van der Waals surface area (Å²) in [7, 11) is -1.99. The van der Waals surface area contributed by atoms with Gasteiger partial charge in [-0.15, -0.1) is 0 Å². The average Bonchev–Trinajstić information content (AvgIpc) is 3.17. The van der Waals surface area contributed by atoms with E-state index in [4.69, 9.17) is 9.26 Å². The maximum absolute atomic E-state index is 12.5. The number of hydrogen-bond donors (Lipinski definition) is 1. The third kappa shape index (κ3) is 5.66. The van der Waals surface area contributed by atoms with E-state index in [2.05, 4.69) is 15.5 Å². The van der Waals surface area contributed by atoms with E-state index in [1.807, 2.05) is 31.2 Å². The van der Waals surface area contributed by atoms with Crippen LogP contribution in [0.15, 0.2) is 57.9 Å². The monoisotopic (exact) mass is 429 g/mol. The van der Waals surface area contributed by atoms with Crippen molar-refractivity contribution < 1.29 is 22.5 Å². The third-order valence-corrected chi connectivity index (χ3v) is 6.07. The largest absolute Gasteiger partial charge is 0.496 e. The van der Waals surface area contributed by atoms with Crippen LogP contribution in [0.2, 0.25) is 0 Å². The highest BCUT2D eigenvalue weighted by Gasteiger charge is 2.19. The lowest BCUT2D eigenvalue weighted by atomic mass is 10.2. The first-order valence-corrected chi connectivity index (χ1v) is 11.0. The van der Waals surface area contributed by atoms with Crippen LogP contribution in [-0.2, 0) is 33.4 Å². The SMILES string of the molecule is COc1ccccc1CNC(=O)CCc1nc(CS(=O)(=O)c2ccc(C)cc2)no1. The number of carbonyl (C=O) groups excluding carboxylic acids is 1. The van der Waals surface area contributed by atoms with Crippen molar-refractivity contribution in [3.05, 3.63) is 71.4 Å². The highest BCUT2D eigenvalue weighted by Crippen LogP contribution is 2.17. The molecule has 30 heavy (non-hydrogen) atoms. The molecule has 0 aliphatic carbocycles. The molecule has 0 fully saturated rings. The second kappa shape index (κ2) is 9.53. The molecule has 0 bridgehead atoms. The predicted octanol–water partition coefficient (Wildman–Crippen LogP) is 2.61. The molecule has 1 heterocycles. The lowest BCUT2D eigenvalue weighted by molar-refractivity contribution is -0.121. The summed E-state index contributed by atoms with van der Waals surface area (Å²) >= 11 is 0. The number of aromatic nitrogens is 2. The summed E-state index contributed by atoms with van der Waals surface area (Å²) < 4.78 is 35.3. The van der Waals surface area contributed by atoms with Gasteiger partial charge in [0.15, 0.2) is 15.7 Å². The van der Waals surface area contributed by atoms with Crippen molar-refractivity contribution in [1.82, 2.24) is 15.5 Å². The number of nitrogens with zero attached hydrogens (tertiary/aromatic N) is 2. The summed E-state index contributed by atoms with van der Waals surface area (Å²) in [4.78, 5) is 16.4. The molecule has 0 saturated carbocycles. The van der Waals surface area contributed by atoms with Gasteiger partial charge in [0.25, 0.3) is 0 Å². The highest BCUT2D eigenvalue weighted by molar-refractivity contribution is 7.90. The van der Waals surface area contributed by atoms with Crippen LogP contribution in [-0.4, -0.2) is 31.6 Å². The van der Waals surface area contributed by atoms with Crippen molar-refractivity contribution in [3.63, 3.8) is 0 Å². The summed E-state index contributed by atoms with van der Waals surface area (Å²) in [5, 5.41) is 6.54. The van der Waals surface area contributed by atoms with Crippen LogP contribution in [0.3, 0.4) is 0 Å². The number of rotatable bonds is 9. The van der Waals surface area contributed by atoms with E-state index in [-0.39, 0.29) is 41.1 Å². The quantitative estimate of drug-likeness (QED) is 0.556. The Morgan fingerprint density at radius 1 is 1.13 bits per heavy atom. The number of ether oxygens (including phenoxy) is 1. The first-order chi connectivity index (χ1) is 14.4. The molecule has 0 radical (unpaired) electrons. The molecule has 0 aliphatic rings. The highest BCUT2D eigenvalue weighted by atomic mass is 32.2. The van der Waals surface area contributed by atoms with Crippen LogP contribution in [0.1, 0.15) is 29.3 Å². The Labute approximate surface area is 175 Å². The van der Waals surface area contributed by atoms with E-state index in [0.29, 0.717) is 12.3 Å². The van der Waals surface area contributed by atoms with Crippen LogP contribution < -0.4 is 10.1 Å². The molecule has 1 aromatic heterocycles. The van der Waals surface area contributed by atoms with Gasteiger partial charge >= 0.3 is 0 Å². The second-order valence-electron chi connectivity index (χ2n) is 6.77. The van der Waals surface area contributed by atoms with Crippen molar-refractivity contribution in [1.29, 1.82) is 0 Å². The van der Waals surface area contributed by atoms with E-state index in [0.717, 1.165) is 11.1 Å². The third-order valence-electron chi connectivity index (χ3n) is 4.44. The number of benzene rings is 2. The Balaban J connectivity index is 1.51. The molecule has 3 aromatic rings. The van der Waals surface area contributed by atoms with Gasteiger partial charge < -0.3 is 14.6 Å². The molecule has 8 nitrogen and oxygen atoms in total. The average molecular weight is 429 g/mol. The van der Waals surface area contributed by atoms with Gasteiger partial charge in [-0.2, -0.15) is 4.98 Å². The fraction of sp³-hybridized carbons (Fsp3) is 0.286. The minimum atomic E-state index is -3.57. The van der Waals surface area contributed by atoms with Crippen LogP contribution >= 0.6 is 0 Å². The fourth-order valence-corrected chi connectivity index (χ4v) is 3.98.